The van der Waals surface area contributed by atoms with Gasteiger partial charge in [0.25, 0.3) is 0 Å². The van der Waals surface area contributed by atoms with E-state index in [4.69, 9.17) is 0 Å². The Morgan fingerprint density at radius 1 is 1.22 bits per heavy atom. The number of rotatable bonds is 5. The predicted molar refractivity (Wildman–Crippen MR) is 81.0 cm³/mol. The number of hydrogen-bond donors (Lipinski definition) is 1. The zero-order valence-electron chi connectivity index (χ0n) is 13.4. The second-order valence-electron chi connectivity index (χ2n) is 7.41. The molecule has 1 saturated heterocycles. The number of hydrogen-bond acceptors (Lipinski definition) is 2. The molecule has 0 amide bonds. The molecule has 3 unspecified atom stereocenters. The second-order valence-corrected chi connectivity index (χ2v) is 7.41. The zero-order chi connectivity index (χ0) is 13.8. The normalized spacial score (nSPS) is 28.3. The van der Waals surface area contributed by atoms with E-state index in [1.807, 2.05) is 0 Å². The largest absolute Gasteiger partial charge is 0.312 e. The fourth-order valence-electron chi connectivity index (χ4n) is 2.74. The zero-order valence-corrected chi connectivity index (χ0v) is 13.4. The minimum absolute atomic E-state index is 0.262. The standard InChI is InChI=1S/C16H34N2/c1-13-9-11-18(12-14(13)2)15(3)8-7-10-17-16(4,5)6/h13-15,17H,7-12H2,1-6H3. The monoisotopic (exact) mass is 254 g/mol. The molecule has 0 bridgehead atoms. The van der Waals surface area contributed by atoms with Crippen LogP contribution >= 0.6 is 0 Å². The Kier molecular flexibility index (Phi) is 6.13. The predicted octanol–water partition coefficient (Wildman–Crippen LogP) is 3.52. The fraction of sp³-hybridized carbons (Fsp3) is 1.00. The third-order valence-corrected chi connectivity index (χ3v) is 4.44. The van der Waals surface area contributed by atoms with Gasteiger partial charge in [0.05, 0.1) is 0 Å². The van der Waals surface area contributed by atoms with Gasteiger partial charge in [0, 0.05) is 18.1 Å². The molecule has 108 valence electrons. The third-order valence-electron chi connectivity index (χ3n) is 4.44. The van der Waals surface area contributed by atoms with E-state index in [-0.39, 0.29) is 5.54 Å². The summed E-state index contributed by atoms with van der Waals surface area (Å²) >= 11 is 0. The highest BCUT2D eigenvalue weighted by molar-refractivity contribution is 4.79. The van der Waals surface area contributed by atoms with Crippen LogP contribution < -0.4 is 5.32 Å². The van der Waals surface area contributed by atoms with E-state index >= 15 is 0 Å². The van der Waals surface area contributed by atoms with Gasteiger partial charge in [-0.2, -0.15) is 0 Å². The van der Waals surface area contributed by atoms with Crippen molar-refractivity contribution in [2.45, 2.75) is 72.4 Å². The van der Waals surface area contributed by atoms with Gasteiger partial charge in [-0.3, -0.25) is 0 Å². The van der Waals surface area contributed by atoms with E-state index in [1.165, 1.54) is 32.4 Å². The minimum Gasteiger partial charge on any atom is -0.312 e. The molecule has 2 heteroatoms. The van der Waals surface area contributed by atoms with Crippen molar-refractivity contribution in [3.8, 4) is 0 Å². The Morgan fingerprint density at radius 3 is 2.44 bits per heavy atom. The molecule has 0 spiro atoms. The van der Waals surface area contributed by atoms with Crippen molar-refractivity contribution in [1.82, 2.24) is 10.2 Å². The topological polar surface area (TPSA) is 15.3 Å². The van der Waals surface area contributed by atoms with Crippen molar-refractivity contribution >= 4 is 0 Å². The number of piperidine rings is 1. The van der Waals surface area contributed by atoms with E-state index in [2.05, 4.69) is 51.8 Å². The van der Waals surface area contributed by atoms with Crippen LogP contribution in [0.4, 0.5) is 0 Å². The SMILES string of the molecule is CC1CCN(C(C)CCCNC(C)(C)C)CC1C. The van der Waals surface area contributed by atoms with Gasteiger partial charge in [-0.15, -0.1) is 0 Å². The van der Waals surface area contributed by atoms with Gasteiger partial charge in [-0.1, -0.05) is 13.8 Å². The van der Waals surface area contributed by atoms with E-state index in [9.17, 15) is 0 Å². The Bertz CT molecular complexity index is 232. The van der Waals surface area contributed by atoms with E-state index < -0.39 is 0 Å². The maximum atomic E-state index is 3.58. The van der Waals surface area contributed by atoms with Crippen LogP contribution in [0.1, 0.15) is 60.8 Å². The molecule has 2 nitrogen and oxygen atoms in total. The van der Waals surface area contributed by atoms with Crippen molar-refractivity contribution in [3.05, 3.63) is 0 Å². The summed E-state index contributed by atoms with van der Waals surface area (Å²) in [4.78, 5) is 2.70. The molecule has 1 heterocycles. The van der Waals surface area contributed by atoms with Crippen LogP contribution in [0.25, 0.3) is 0 Å². The number of nitrogens with zero attached hydrogens (tertiary/aromatic N) is 1. The molecule has 1 fully saturated rings. The molecule has 0 radical (unpaired) electrons. The van der Waals surface area contributed by atoms with Gasteiger partial charge in [0.1, 0.15) is 0 Å². The van der Waals surface area contributed by atoms with Gasteiger partial charge in [0.15, 0.2) is 0 Å². The fourth-order valence-corrected chi connectivity index (χ4v) is 2.74. The summed E-state index contributed by atoms with van der Waals surface area (Å²) in [6.07, 6.45) is 3.99. The second kappa shape index (κ2) is 6.91. The summed E-state index contributed by atoms with van der Waals surface area (Å²) in [6.45, 7) is 17.7. The van der Waals surface area contributed by atoms with E-state index in [0.717, 1.165) is 24.4 Å². The Labute approximate surface area is 115 Å². The van der Waals surface area contributed by atoms with E-state index in [0.29, 0.717) is 0 Å². The van der Waals surface area contributed by atoms with Gasteiger partial charge >= 0.3 is 0 Å². The summed E-state index contributed by atoms with van der Waals surface area (Å²) in [5.74, 6) is 1.78. The Hall–Kier alpha value is -0.0800. The lowest BCUT2D eigenvalue weighted by atomic mass is 9.88. The van der Waals surface area contributed by atoms with Crippen LogP contribution in [0.3, 0.4) is 0 Å². The van der Waals surface area contributed by atoms with Crippen LogP contribution in [0.5, 0.6) is 0 Å². The average Bonchev–Trinajstić information content (AvgIpc) is 2.26. The Balaban J connectivity index is 2.19. The van der Waals surface area contributed by atoms with Crippen molar-refractivity contribution in [3.63, 3.8) is 0 Å². The van der Waals surface area contributed by atoms with Gasteiger partial charge in [-0.05, 0) is 71.9 Å². The first-order valence-corrected chi connectivity index (χ1v) is 7.78. The first-order chi connectivity index (χ1) is 8.29. The third kappa shape index (κ3) is 5.71. The maximum Gasteiger partial charge on any atom is 0.00965 e. The summed E-state index contributed by atoms with van der Waals surface area (Å²) < 4.78 is 0. The van der Waals surface area contributed by atoms with Crippen LogP contribution in [0, 0.1) is 11.8 Å². The van der Waals surface area contributed by atoms with Gasteiger partial charge in [0.2, 0.25) is 0 Å². The molecule has 3 atom stereocenters. The van der Waals surface area contributed by atoms with Crippen molar-refractivity contribution in [2.24, 2.45) is 11.8 Å². The van der Waals surface area contributed by atoms with Gasteiger partial charge in [-0.25, -0.2) is 0 Å². The first-order valence-electron chi connectivity index (χ1n) is 7.78. The highest BCUT2D eigenvalue weighted by Gasteiger charge is 2.25. The highest BCUT2D eigenvalue weighted by atomic mass is 15.2. The number of likely N-dealkylation sites (tertiary alicyclic amines) is 1. The lowest BCUT2D eigenvalue weighted by Gasteiger charge is -2.39. The average molecular weight is 254 g/mol. The molecule has 0 aromatic carbocycles. The van der Waals surface area contributed by atoms with Crippen molar-refractivity contribution in [1.29, 1.82) is 0 Å². The smallest absolute Gasteiger partial charge is 0.00965 e. The molecule has 1 rings (SSSR count). The van der Waals surface area contributed by atoms with Crippen molar-refractivity contribution in [2.75, 3.05) is 19.6 Å². The summed E-state index contributed by atoms with van der Waals surface area (Å²) in [6, 6.07) is 0.752. The molecule has 1 aliphatic heterocycles. The van der Waals surface area contributed by atoms with Crippen LogP contribution in [-0.2, 0) is 0 Å². The molecule has 1 N–H and O–H groups in total. The van der Waals surface area contributed by atoms with Crippen LogP contribution in [-0.4, -0.2) is 36.1 Å². The molecule has 0 aromatic heterocycles. The molecule has 0 saturated carbocycles. The highest BCUT2D eigenvalue weighted by Crippen LogP contribution is 2.24. The minimum atomic E-state index is 0.262. The first kappa shape index (κ1) is 16.0. The number of nitrogens with one attached hydrogen (secondary N) is 1. The molecular formula is C16H34N2. The Morgan fingerprint density at radius 2 is 1.89 bits per heavy atom. The quantitative estimate of drug-likeness (QED) is 0.755. The van der Waals surface area contributed by atoms with E-state index in [1.54, 1.807) is 0 Å². The molecule has 1 aliphatic rings. The van der Waals surface area contributed by atoms with Crippen molar-refractivity contribution < 1.29 is 0 Å². The van der Waals surface area contributed by atoms with Crippen LogP contribution in [0.2, 0.25) is 0 Å². The summed E-state index contributed by atoms with van der Waals surface area (Å²) in [5, 5.41) is 3.58. The molecular weight excluding hydrogens is 220 g/mol. The van der Waals surface area contributed by atoms with Crippen LogP contribution in [0.15, 0.2) is 0 Å². The summed E-state index contributed by atoms with van der Waals surface area (Å²) in [5.41, 5.74) is 0.262. The van der Waals surface area contributed by atoms with Gasteiger partial charge < -0.3 is 10.2 Å². The summed E-state index contributed by atoms with van der Waals surface area (Å²) in [7, 11) is 0. The lowest BCUT2D eigenvalue weighted by Crippen LogP contribution is -2.44. The maximum absolute atomic E-state index is 3.58. The molecule has 18 heavy (non-hydrogen) atoms. The lowest BCUT2D eigenvalue weighted by molar-refractivity contribution is 0.0975. The molecule has 0 aliphatic carbocycles. The molecule has 0 aromatic rings.